The van der Waals surface area contributed by atoms with Crippen molar-refractivity contribution in [3.63, 3.8) is 0 Å². The van der Waals surface area contributed by atoms with E-state index >= 15 is 0 Å². The minimum atomic E-state index is -4.93. The Labute approximate surface area is 512 Å². The molecule has 0 fully saturated rings. The van der Waals surface area contributed by atoms with Crippen molar-refractivity contribution in [1.29, 1.82) is 0 Å². The number of carbonyl (C=O) groups excluding carboxylic acids is 3. The fourth-order valence-electron chi connectivity index (χ4n) is 7.84. The first-order chi connectivity index (χ1) is 41.2. The number of hydrogen-bond donors (Lipinski definition) is 4. The summed E-state index contributed by atoms with van der Waals surface area (Å²) in [6.45, 7) is 2.29. The van der Waals surface area contributed by atoms with E-state index in [9.17, 15) is 43.5 Å². The highest BCUT2D eigenvalue weighted by Crippen LogP contribution is 2.45. The van der Waals surface area contributed by atoms with Gasteiger partial charge in [0.15, 0.2) is 6.10 Å². The number of unbranched alkanes of at least 4 members (excludes halogenated alkanes) is 16. The predicted octanol–water partition coefficient (Wildman–Crippen LogP) is 17.1. The normalized spacial score (nSPS) is 15.1. The topological polar surface area (TPSA) is 231 Å². The third-order valence-corrected chi connectivity index (χ3v) is 14.6. The standard InChI is InChI=1S/C67H112O16P2/c1-4-7-10-13-16-19-22-25-28-29-30-31-34-36-38-41-44-47-50-53-65(70)77-56-62(68)57-79-84(73,74)80-58-63(69)59-81-85(75,76)82-61-64(83-67(72)55-52-49-46-43-40-37-33-27-24-21-18-15-12-9-6-3)60-78-66(71)54-51-48-45-42-39-35-32-26-23-20-17-14-11-8-5-2/h7-8,10-11,16-17,19-20,25-28,30-33,36,38,44,47,62-64,68-69H,4-6,9,12-15,18,21-24,29,34-35,37,39-43,45-46,48-61H2,1-3H3,(H,73,74)(H,75,76)/b10-7-,11-8-,19-16-,20-17-,28-25-,31-30-,32-26-,33-27-,38-36-,47-44-. The highest BCUT2D eigenvalue weighted by atomic mass is 31.2. The lowest BCUT2D eigenvalue weighted by molar-refractivity contribution is -0.161. The lowest BCUT2D eigenvalue weighted by Gasteiger charge is -2.21. The van der Waals surface area contributed by atoms with Crippen LogP contribution in [0.3, 0.4) is 0 Å². The Morgan fingerprint density at radius 3 is 1.07 bits per heavy atom. The number of phosphoric ester groups is 2. The Hall–Kier alpha value is -4.05. The van der Waals surface area contributed by atoms with Gasteiger partial charge in [-0.3, -0.25) is 32.5 Å². The molecule has 0 spiro atoms. The zero-order valence-electron chi connectivity index (χ0n) is 52.2. The lowest BCUT2D eigenvalue weighted by atomic mass is 10.1. The minimum Gasteiger partial charge on any atom is -0.463 e. The van der Waals surface area contributed by atoms with Gasteiger partial charge in [-0.25, -0.2) is 9.13 Å². The van der Waals surface area contributed by atoms with E-state index in [4.69, 9.17) is 32.3 Å². The highest BCUT2D eigenvalue weighted by molar-refractivity contribution is 7.47. The first-order valence-electron chi connectivity index (χ1n) is 31.8. The van der Waals surface area contributed by atoms with E-state index in [1.54, 1.807) is 0 Å². The second-order valence-corrected chi connectivity index (χ2v) is 23.7. The summed E-state index contributed by atoms with van der Waals surface area (Å²) in [5.74, 6) is -1.69. The zero-order chi connectivity index (χ0) is 62.4. The molecule has 486 valence electrons. The molecular formula is C67H112O16P2. The first-order valence-corrected chi connectivity index (χ1v) is 34.8. The molecule has 0 saturated carbocycles. The molecule has 0 saturated heterocycles. The number of phosphoric acid groups is 2. The molecule has 16 nitrogen and oxygen atoms in total. The minimum absolute atomic E-state index is 0.0569. The average Bonchev–Trinajstić information content (AvgIpc) is 3.52. The monoisotopic (exact) mass is 1230 g/mol. The van der Waals surface area contributed by atoms with Crippen molar-refractivity contribution in [2.45, 2.75) is 245 Å². The van der Waals surface area contributed by atoms with E-state index in [0.717, 1.165) is 122 Å². The molecule has 0 aromatic rings. The Bertz CT molecular complexity index is 2040. The van der Waals surface area contributed by atoms with E-state index in [-0.39, 0.29) is 19.3 Å². The zero-order valence-corrected chi connectivity index (χ0v) is 54.0. The molecule has 0 aliphatic carbocycles. The van der Waals surface area contributed by atoms with Crippen LogP contribution >= 0.6 is 15.6 Å². The van der Waals surface area contributed by atoms with Gasteiger partial charge in [0.25, 0.3) is 0 Å². The Morgan fingerprint density at radius 2 is 0.647 bits per heavy atom. The number of aliphatic hydroxyl groups excluding tert-OH is 2. The highest BCUT2D eigenvalue weighted by Gasteiger charge is 2.29. The van der Waals surface area contributed by atoms with E-state index in [1.165, 1.54) is 38.5 Å². The fraction of sp³-hybridized carbons (Fsp3) is 0.657. The van der Waals surface area contributed by atoms with Crippen LogP contribution < -0.4 is 0 Å². The number of esters is 3. The van der Waals surface area contributed by atoms with Gasteiger partial charge in [-0.15, -0.1) is 0 Å². The van der Waals surface area contributed by atoms with Crippen LogP contribution in [0, 0.1) is 0 Å². The fourth-order valence-corrected chi connectivity index (χ4v) is 9.42. The van der Waals surface area contributed by atoms with Crippen LogP contribution in [-0.4, -0.2) is 95.9 Å². The molecule has 0 amide bonds. The summed E-state index contributed by atoms with van der Waals surface area (Å²) in [5.41, 5.74) is 0. The van der Waals surface area contributed by atoms with Crippen LogP contribution in [0.5, 0.6) is 0 Å². The third kappa shape index (κ3) is 61.4. The molecule has 85 heavy (non-hydrogen) atoms. The average molecular weight is 1240 g/mol. The summed E-state index contributed by atoms with van der Waals surface area (Å²) >= 11 is 0. The summed E-state index contributed by atoms with van der Waals surface area (Å²) in [6, 6.07) is 0. The molecule has 0 aliphatic heterocycles. The Balaban J connectivity index is 4.76. The Kier molecular flexibility index (Phi) is 57.4. The third-order valence-electron chi connectivity index (χ3n) is 12.7. The largest absolute Gasteiger partial charge is 0.472 e. The van der Waals surface area contributed by atoms with Crippen molar-refractivity contribution in [2.75, 3.05) is 39.6 Å². The van der Waals surface area contributed by atoms with E-state index in [1.807, 2.05) is 18.2 Å². The molecular weight excluding hydrogens is 1120 g/mol. The lowest BCUT2D eigenvalue weighted by Crippen LogP contribution is -2.30. The van der Waals surface area contributed by atoms with Crippen LogP contribution in [0.15, 0.2) is 122 Å². The maximum Gasteiger partial charge on any atom is 0.472 e. The first kappa shape index (κ1) is 81.0. The summed E-state index contributed by atoms with van der Waals surface area (Å²) < 4.78 is 60.6. The van der Waals surface area contributed by atoms with Crippen LogP contribution in [0.25, 0.3) is 0 Å². The van der Waals surface area contributed by atoms with Crippen LogP contribution in [0.2, 0.25) is 0 Å². The number of rotatable bonds is 59. The number of aliphatic hydroxyl groups is 2. The number of hydrogen-bond acceptors (Lipinski definition) is 14. The van der Waals surface area contributed by atoms with Crippen molar-refractivity contribution in [3.8, 4) is 0 Å². The molecule has 0 radical (unpaired) electrons. The number of carbonyl (C=O) groups is 3. The predicted molar refractivity (Wildman–Crippen MR) is 343 cm³/mol. The molecule has 4 N–H and O–H groups in total. The van der Waals surface area contributed by atoms with Gasteiger partial charge in [-0.05, 0) is 116 Å². The number of allylic oxidation sites excluding steroid dienone is 20. The van der Waals surface area contributed by atoms with Crippen molar-refractivity contribution in [2.24, 2.45) is 0 Å². The van der Waals surface area contributed by atoms with Gasteiger partial charge in [0.05, 0.1) is 26.4 Å². The molecule has 0 aromatic carbocycles. The van der Waals surface area contributed by atoms with Gasteiger partial charge in [0.2, 0.25) is 0 Å². The second-order valence-electron chi connectivity index (χ2n) is 20.8. The van der Waals surface area contributed by atoms with Gasteiger partial charge >= 0.3 is 33.6 Å². The molecule has 18 heteroatoms. The molecule has 0 aliphatic rings. The maximum absolute atomic E-state index is 12.9. The van der Waals surface area contributed by atoms with Gasteiger partial charge in [-0.2, -0.15) is 0 Å². The molecule has 5 unspecified atom stereocenters. The SMILES string of the molecule is CC/C=C\C/C=C\C/C=C\C/C=C\C/C=C\C/C=C\CCC(=O)OCC(O)COP(=O)(O)OCC(O)COP(=O)(O)OCC(COC(=O)CCCCCCC/C=C\C/C=C\C/C=C\CC)OC(=O)CCCCCCC/C=C\CCCCCCCC. The van der Waals surface area contributed by atoms with Crippen molar-refractivity contribution >= 4 is 33.6 Å². The van der Waals surface area contributed by atoms with E-state index in [2.05, 4.69) is 124 Å². The summed E-state index contributed by atoms with van der Waals surface area (Å²) in [4.78, 5) is 58.2. The molecule has 0 aromatic heterocycles. The maximum atomic E-state index is 12.9. The summed E-state index contributed by atoms with van der Waals surface area (Å²) in [7, 11) is -9.80. The van der Waals surface area contributed by atoms with Crippen molar-refractivity contribution in [3.05, 3.63) is 122 Å². The smallest absolute Gasteiger partial charge is 0.463 e. The van der Waals surface area contributed by atoms with Crippen LogP contribution in [0.4, 0.5) is 0 Å². The molecule has 0 rings (SSSR count). The Morgan fingerprint density at radius 1 is 0.341 bits per heavy atom. The molecule has 5 atom stereocenters. The quantitative estimate of drug-likeness (QED) is 0.0146. The van der Waals surface area contributed by atoms with Crippen molar-refractivity contribution in [1.82, 2.24) is 0 Å². The van der Waals surface area contributed by atoms with Gasteiger partial charge in [-0.1, -0.05) is 213 Å². The van der Waals surface area contributed by atoms with Crippen LogP contribution in [0.1, 0.15) is 226 Å². The van der Waals surface area contributed by atoms with E-state index in [0.29, 0.717) is 25.7 Å². The summed E-state index contributed by atoms with van der Waals surface area (Å²) in [6.07, 6.45) is 67.0. The van der Waals surface area contributed by atoms with E-state index < -0.39 is 91.5 Å². The number of ether oxygens (including phenoxy) is 3. The van der Waals surface area contributed by atoms with Crippen LogP contribution in [-0.2, 0) is 55.8 Å². The van der Waals surface area contributed by atoms with Crippen molar-refractivity contribution < 1.29 is 75.8 Å². The molecule has 0 bridgehead atoms. The second kappa shape index (κ2) is 60.2. The van der Waals surface area contributed by atoms with Gasteiger partial charge in [0, 0.05) is 19.3 Å². The van der Waals surface area contributed by atoms with Gasteiger partial charge in [0.1, 0.15) is 25.4 Å². The van der Waals surface area contributed by atoms with Gasteiger partial charge < -0.3 is 34.2 Å². The molecule has 0 heterocycles. The summed E-state index contributed by atoms with van der Waals surface area (Å²) in [5, 5.41) is 20.5.